The van der Waals surface area contributed by atoms with Crippen LogP contribution in [0.3, 0.4) is 0 Å². The zero-order chi connectivity index (χ0) is 15.6. The van der Waals surface area contributed by atoms with Crippen LogP contribution in [0.1, 0.15) is 17.7 Å². The van der Waals surface area contributed by atoms with E-state index in [1.165, 1.54) is 21.9 Å². The van der Waals surface area contributed by atoms with Crippen LogP contribution in [0.4, 0.5) is 5.82 Å². The fourth-order valence-corrected chi connectivity index (χ4v) is 3.23. The van der Waals surface area contributed by atoms with Crippen LogP contribution in [0.5, 0.6) is 0 Å². The van der Waals surface area contributed by atoms with E-state index >= 15 is 0 Å². The number of rotatable bonds is 2. The third-order valence-electron chi connectivity index (χ3n) is 4.41. The maximum absolute atomic E-state index is 4.58. The summed E-state index contributed by atoms with van der Waals surface area (Å²) in [5.74, 6) is 0.971. The SMILES string of the molecule is Cc1cncc(N2CC=C(c3cccc4ccccc34)CC2)n1. The van der Waals surface area contributed by atoms with Crippen molar-refractivity contribution in [3.8, 4) is 0 Å². The van der Waals surface area contributed by atoms with E-state index in [-0.39, 0.29) is 0 Å². The lowest BCUT2D eigenvalue weighted by molar-refractivity contribution is 0.809. The van der Waals surface area contributed by atoms with Gasteiger partial charge in [-0.05, 0) is 35.3 Å². The Hall–Kier alpha value is -2.68. The highest BCUT2D eigenvalue weighted by molar-refractivity contribution is 5.94. The van der Waals surface area contributed by atoms with E-state index in [9.17, 15) is 0 Å². The molecule has 1 aromatic heterocycles. The van der Waals surface area contributed by atoms with Crippen LogP contribution in [0.15, 0.2) is 60.9 Å². The van der Waals surface area contributed by atoms with Crippen molar-refractivity contribution in [3.63, 3.8) is 0 Å². The quantitative estimate of drug-likeness (QED) is 0.709. The van der Waals surface area contributed by atoms with Crippen molar-refractivity contribution in [1.29, 1.82) is 0 Å². The highest BCUT2D eigenvalue weighted by atomic mass is 15.2. The molecule has 1 aliphatic heterocycles. The molecule has 0 N–H and O–H groups in total. The van der Waals surface area contributed by atoms with Gasteiger partial charge < -0.3 is 4.90 Å². The number of fused-ring (bicyclic) bond motifs is 1. The second kappa shape index (κ2) is 5.84. The van der Waals surface area contributed by atoms with E-state index < -0.39 is 0 Å². The van der Waals surface area contributed by atoms with E-state index in [0.717, 1.165) is 31.0 Å². The van der Waals surface area contributed by atoms with Gasteiger partial charge in [-0.3, -0.25) is 4.98 Å². The Morgan fingerprint density at radius 3 is 2.70 bits per heavy atom. The lowest BCUT2D eigenvalue weighted by atomic mass is 9.94. The maximum atomic E-state index is 4.58. The normalized spacial score (nSPS) is 14.8. The first-order chi connectivity index (χ1) is 11.3. The summed E-state index contributed by atoms with van der Waals surface area (Å²) in [6, 6.07) is 15.2. The van der Waals surface area contributed by atoms with Crippen molar-refractivity contribution >= 4 is 22.2 Å². The Morgan fingerprint density at radius 1 is 1.00 bits per heavy atom. The molecule has 3 nitrogen and oxygen atoms in total. The van der Waals surface area contributed by atoms with Gasteiger partial charge in [0.25, 0.3) is 0 Å². The summed E-state index contributed by atoms with van der Waals surface area (Å²) in [4.78, 5) is 11.1. The molecular weight excluding hydrogens is 282 g/mol. The zero-order valence-electron chi connectivity index (χ0n) is 13.2. The molecule has 0 amide bonds. The summed E-state index contributed by atoms with van der Waals surface area (Å²) in [7, 11) is 0. The van der Waals surface area contributed by atoms with Crippen molar-refractivity contribution in [2.75, 3.05) is 18.0 Å². The second-order valence-electron chi connectivity index (χ2n) is 5.97. The predicted molar refractivity (Wildman–Crippen MR) is 95.5 cm³/mol. The fourth-order valence-electron chi connectivity index (χ4n) is 3.23. The van der Waals surface area contributed by atoms with E-state index in [0.29, 0.717) is 0 Å². The molecule has 114 valence electrons. The third-order valence-corrected chi connectivity index (χ3v) is 4.41. The smallest absolute Gasteiger partial charge is 0.147 e. The Kier molecular flexibility index (Phi) is 3.54. The number of nitrogens with zero attached hydrogens (tertiary/aromatic N) is 3. The number of hydrogen-bond donors (Lipinski definition) is 0. The largest absolute Gasteiger partial charge is 0.351 e. The van der Waals surface area contributed by atoms with Gasteiger partial charge in [0.15, 0.2) is 0 Å². The molecule has 23 heavy (non-hydrogen) atoms. The second-order valence-corrected chi connectivity index (χ2v) is 5.97. The van der Waals surface area contributed by atoms with Gasteiger partial charge in [-0.1, -0.05) is 48.5 Å². The van der Waals surface area contributed by atoms with Crippen molar-refractivity contribution in [1.82, 2.24) is 9.97 Å². The lowest BCUT2D eigenvalue weighted by Gasteiger charge is -2.27. The minimum atomic E-state index is 0.886. The number of hydrogen-bond acceptors (Lipinski definition) is 3. The van der Waals surface area contributed by atoms with Crippen LogP contribution in [0.25, 0.3) is 16.3 Å². The molecule has 4 rings (SSSR count). The number of anilines is 1. The van der Waals surface area contributed by atoms with Gasteiger partial charge in [0.2, 0.25) is 0 Å². The number of aromatic nitrogens is 2. The first kappa shape index (κ1) is 13.9. The molecule has 0 fully saturated rings. The summed E-state index contributed by atoms with van der Waals surface area (Å²) in [6.45, 7) is 3.85. The van der Waals surface area contributed by atoms with Crippen LogP contribution in [-0.4, -0.2) is 23.1 Å². The van der Waals surface area contributed by atoms with Gasteiger partial charge in [-0.15, -0.1) is 0 Å². The topological polar surface area (TPSA) is 29.0 Å². The van der Waals surface area contributed by atoms with Gasteiger partial charge >= 0.3 is 0 Å². The molecular formula is C20H19N3. The monoisotopic (exact) mass is 301 g/mol. The Labute approximate surface area is 136 Å². The third kappa shape index (κ3) is 2.70. The number of benzene rings is 2. The molecule has 0 spiro atoms. The highest BCUT2D eigenvalue weighted by Gasteiger charge is 2.16. The van der Waals surface area contributed by atoms with Crippen molar-refractivity contribution in [2.24, 2.45) is 0 Å². The summed E-state index contributed by atoms with van der Waals surface area (Å²) in [5.41, 5.74) is 3.75. The molecule has 0 bridgehead atoms. The van der Waals surface area contributed by atoms with Gasteiger partial charge in [0, 0.05) is 19.3 Å². The predicted octanol–water partition coefficient (Wildman–Crippen LogP) is 4.23. The molecule has 0 atom stereocenters. The summed E-state index contributed by atoms with van der Waals surface area (Å²) in [5, 5.41) is 2.64. The molecule has 3 heteroatoms. The van der Waals surface area contributed by atoms with E-state index in [2.05, 4.69) is 63.4 Å². The minimum Gasteiger partial charge on any atom is -0.351 e. The molecule has 3 aromatic rings. The summed E-state index contributed by atoms with van der Waals surface area (Å²) >= 11 is 0. The molecule has 0 radical (unpaired) electrons. The lowest BCUT2D eigenvalue weighted by Crippen LogP contribution is -2.29. The summed E-state index contributed by atoms with van der Waals surface area (Å²) < 4.78 is 0. The van der Waals surface area contributed by atoms with Crippen molar-refractivity contribution < 1.29 is 0 Å². The molecule has 1 aliphatic rings. The molecule has 0 unspecified atom stereocenters. The number of aryl methyl sites for hydroxylation is 1. The van der Waals surface area contributed by atoms with Crippen LogP contribution in [0.2, 0.25) is 0 Å². The van der Waals surface area contributed by atoms with Crippen LogP contribution < -0.4 is 4.90 Å². The highest BCUT2D eigenvalue weighted by Crippen LogP contribution is 2.30. The van der Waals surface area contributed by atoms with Crippen molar-refractivity contribution in [3.05, 3.63) is 72.2 Å². The standard InChI is InChI=1S/C20H19N3/c1-15-13-21-14-20(22-15)23-11-9-17(10-12-23)19-8-4-6-16-5-2-3-7-18(16)19/h2-9,13-14H,10-12H2,1H3. The molecule has 0 aliphatic carbocycles. The molecule has 2 heterocycles. The van der Waals surface area contributed by atoms with Gasteiger partial charge in [-0.2, -0.15) is 0 Å². The zero-order valence-corrected chi connectivity index (χ0v) is 13.2. The van der Waals surface area contributed by atoms with Crippen LogP contribution in [0, 0.1) is 6.92 Å². The van der Waals surface area contributed by atoms with E-state index in [4.69, 9.17) is 0 Å². The Balaban J connectivity index is 1.64. The molecule has 2 aromatic carbocycles. The Morgan fingerprint density at radius 2 is 1.87 bits per heavy atom. The molecule has 0 saturated heterocycles. The molecule has 0 saturated carbocycles. The van der Waals surface area contributed by atoms with Crippen LogP contribution in [-0.2, 0) is 0 Å². The van der Waals surface area contributed by atoms with Crippen LogP contribution >= 0.6 is 0 Å². The van der Waals surface area contributed by atoms with E-state index in [1.807, 2.05) is 13.1 Å². The Bertz CT molecular complexity index is 877. The summed E-state index contributed by atoms with van der Waals surface area (Å²) in [6.07, 6.45) is 7.01. The first-order valence-electron chi connectivity index (χ1n) is 8.02. The average molecular weight is 301 g/mol. The van der Waals surface area contributed by atoms with E-state index in [1.54, 1.807) is 6.20 Å². The van der Waals surface area contributed by atoms with Gasteiger partial charge in [-0.25, -0.2) is 4.98 Å². The first-order valence-corrected chi connectivity index (χ1v) is 8.02. The average Bonchev–Trinajstić information content (AvgIpc) is 2.61. The maximum Gasteiger partial charge on any atom is 0.147 e. The van der Waals surface area contributed by atoms with Crippen molar-refractivity contribution in [2.45, 2.75) is 13.3 Å². The fraction of sp³-hybridized carbons (Fsp3) is 0.200. The van der Waals surface area contributed by atoms with Gasteiger partial charge in [0.1, 0.15) is 5.82 Å². The van der Waals surface area contributed by atoms with Gasteiger partial charge in [0.05, 0.1) is 11.9 Å². The minimum absolute atomic E-state index is 0.886.